The predicted octanol–water partition coefficient (Wildman–Crippen LogP) is 2.99. The Labute approximate surface area is 190 Å². The van der Waals surface area contributed by atoms with Crippen molar-refractivity contribution in [3.63, 3.8) is 0 Å². The van der Waals surface area contributed by atoms with E-state index in [4.69, 9.17) is 11.6 Å². The lowest BCUT2D eigenvalue weighted by Crippen LogP contribution is -2.49. The molecule has 10 heteroatoms. The molecule has 2 amide bonds. The molecule has 0 aliphatic carbocycles. The smallest absolute Gasteiger partial charge is 0.255 e. The number of carbonyl (C=O) groups is 2. The summed E-state index contributed by atoms with van der Waals surface area (Å²) in [6.45, 7) is 2.56. The third-order valence-corrected chi connectivity index (χ3v) is 7.59. The van der Waals surface area contributed by atoms with Gasteiger partial charge in [0.1, 0.15) is 0 Å². The summed E-state index contributed by atoms with van der Waals surface area (Å²) in [4.78, 5) is 30.3. The van der Waals surface area contributed by atoms with Gasteiger partial charge in [0.25, 0.3) is 5.91 Å². The van der Waals surface area contributed by atoms with Gasteiger partial charge in [-0.15, -0.1) is 0 Å². The van der Waals surface area contributed by atoms with Crippen molar-refractivity contribution < 1.29 is 18.0 Å². The molecule has 0 unspecified atom stereocenters. The molecule has 4 rings (SSSR count). The van der Waals surface area contributed by atoms with Crippen molar-refractivity contribution in [1.82, 2.24) is 14.2 Å². The molecule has 166 valence electrons. The second-order valence-electron chi connectivity index (χ2n) is 7.39. The Hall–Kier alpha value is -3.01. The quantitative estimate of drug-likeness (QED) is 0.629. The first-order valence-electron chi connectivity index (χ1n) is 9.97. The maximum absolute atomic E-state index is 13.1. The van der Waals surface area contributed by atoms with E-state index in [9.17, 15) is 18.0 Å². The van der Waals surface area contributed by atoms with Gasteiger partial charge in [0.2, 0.25) is 15.9 Å². The first-order chi connectivity index (χ1) is 15.3. The molecule has 1 aliphatic heterocycles. The van der Waals surface area contributed by atoms with E-state index >= 15 is 0 Å². The number of nitrogens with zero attached hydrogens (tertiary/aromatic N) is 3. The summed E-state index contributed by atoms with van der Waals surface area (Å²) in [5.41, 5.74) is 1.30. The third-order valence-electron chi connectivity index (χ3n) is 5.39. The van der Waals surface area contributed by atoms with Crippen LogP contribution in [0.1, 0.15) is 17.3 Å². The fourth-order valence-electron chi connectivity index (χ4n) is 3.63. The molecule has 2 heterocycles. The number of fused-ring (bicyclic) bond motifs is 1. The highest BCUT2D eigenvalue weighted by Crippen LogP contribution is 2.27. The second kappa shape index (κ2) is 8.85. The Morgan fingerprint density at radius 3 is 2.47 bits per heavy atom. The van der Waals surface area contributed by atoms with Gasteiger partial charge in [0.15, 0.2) is 0 Å². The molecule has 1 fully saturated rings. The van der Waals surface area contributed by atoms with Crippen LogP contribution in [0.5, 0.6) is 0 Å². The molecule has 3 aromatic rings. The minimum Gasteiger partial charge on any atom is -0.340 e. The molecular weight excluding hydrogens is 452 g/mol. The summed E-state index contributed by atoms with van der Waals surface area (Å²) in [5.74, 6) is -0.526. The first kappa shape index (κ1) is 22.2. The summed E-state index contributed by atoms with van der Waals surface area (Å²) in [6.07, 6.45) is 1.55. The van der Waals surface area contributed by atoms with E-state index in [1.165, 1.54) is 29.4 Å². The Kier molecular flexibility index (Phi) is 6.14. The Morgan fingerprint density at radius 1 is 1.03 bits per heavy atom. The zero-order valence-corrected chi connectivity index (χ0v) is 18.9. The van der Waals surface area contributed by atoms with Crippen molar-refractivity contribution in [3.05, 3.63) is 65.3 Å². The molecule has 0 radical (unpaired) electrons. The molecule has 1 aliphatic rings. The predicted molar refractivity (Wildman–Crippen MR) is 122 cm³/mol. The van der Waals surface area contributed by atoms with Gasteiger partial charge in [-0.2, -0.15) is 4.31 Å². The molecule has 2 aromatic carbocycles. The first-order valence-corrected chi connectivity index (χ1v) is 11.8. The molecule has 1 saturated heterocycles. The lowest BCUT2D eigenvalue weighted by atomic mass is 10.1. The topological polar surface area (TPSA) is 99.7 Å². The number of nitrogens with one attached hydrogen (secondary N) is 1. The van der Waals surface area contributed by atoms with Crippen molar-refractivity contribution in [2.24, 2.45) is 0 Å². The highest BCUT2D eigenvalue weighted by Gasteiger charge is 2.29. The molecule has 0 saturated carbocycles. The maximum atomic E-state index is 13.1. The fraction of sp³-hybridized carbons (Fsp3) is 0.227. The van der Waals surface area contributed by atoms with Crippen LogP contribution in [0.3, 0.4) is 0 Å². The van der Waals surface area contributed by atoms with Gasteiger partial charge in [0, 0.05) is 50.2 Å². The molecule has 32 heavy (non-hydrogen) atoms. The Bertz CT molecular complexity index is 1300. The monoisotopic (exact) mass is 472 g/mol. The molecule has 0 spiro atoms. The van der Waals surface area contributed by atoms with Gasteiger partial charge in [-0.05, 0) is 30.3 Å². The normalized spacial score (nSPS) is 15.0. The van der Waals surface area contributed by atoms with Crippen molar-refractivity contribution in [2.75, 3.05) is 31.5 Å². The SMILES string of the molecule is CC(=O)N1CCN(S(=O)(=O)c2cccc(C(=O)Nc3ccnc4c(Cl)cccc34)c2)CC1. The number of hydrogen-bond acceptors (Lipinski definition) is 5. The zero-order valence-electron chi connectivity index (χ0n) is 17.3. The van der Waals surface area contributed by atoms with Crippen LogP contribution in [0.25, 0.3) is 10.9 Å². The molecule has 1 aromatic heterocycles. The summed E-state index contributed by atoms with van der Waals surface area (Å²) in [6, 6.07) is 12.8. The third kappa shape index (κ3) is 4.32. The number of amides is 2. The highest BCUT2D eigenvalue weighted by atomic mass is 35.5. The zero-order chi connectivity index (χ0) is 22.9. The van der Waals surface area contributed by atoms with Crippen LogP contribution in [0, 0.1) is 0 Å². The van der Waals surface area contributed by atoms with E-state index in [2.05, 4.69) is 10.3 Å². The number of piperazine rings is 1. The van der Waals surface area contributed by atoms with E-state index in [1.54, 1.807) is 41.4 Å². The lowest BCUT2D eigenvalue weighted by molar-refractivity contribution is -0.129. The maximum Gasteiger partial charge on any atom is 0.255 e. The number of rotatable bonds is 4. The van der Waals surface area contributed by atoms with E-state index in [-0.39, 0.29) is 29.5 Å². The van der Waals surface area contributed by atoms with E-state index in [1.807, 2.05) is 0 Å². The van der Waals surface area contributed by atoms with Gasteiger partial charge in [0.05, 0.1) is 21.1 Å². The number of sulfonamides is 1. The van der Waals surface area contributed by atoms with Crippen molar-refractivity contribution in [3.8, 4) is 0 Å². The van der Waals surface area contributed by atoms with Crippen molar-refractivity contribution in [2.45, 2.75) is 11.8 Å². The number of anilines is 1. The van der Waals surface area contributed by atoms with Crippen LogP contribution in [0.15, 0.2) is 59.6 Å². The summed E-state index contributed by atoms with van der Waals surface area (Å²) >= 11 is 6.19. The average Bonchev–Trinajstić information content (AvgIpc) is 2.80. The van der Waals surface area contributed by atoms with Gasteiger partial charge in [-0.25, -0.2) is 8.42 Å². The fourth-order valence-corrected chi connectivity index (χ4v) is 5.33. The minimum absolute atomic E-state index is 0.0315. The van der Waals surface area contributed by atoms with E-state index in [0.29, 0.717) is 34.7 Å². The molecule has 8 nitrogen and oxygen atoms in total. The molecular formula is C22H21ClN4O4S. The summed E-state index contributed by atoms with van der Waals surface area (Å²) in [7, 11) is -3.79. The Balaban J connectivity index is 1.56. The number of para-hydroxylation sites is 1. The average molecular weight is 473 g/mol. The lowest BCUT2D eigenvalue weighted by Gasteiger charge is -2.33. The van der Waals surface area contributed by atoms with Crippen molar-refractivity contribution >= 4 is 50.0 Å². The molecule has 0 bridgehead atoms. The number of pyridine rings is 1. The molecule has 1 N–H and O–H groups in total. The highest BCUT2D eigenvalue weighted by molar-refractivity contribution is 7.89. The van der Waals surface area contributed by atoms with Crippen LogP contribution in [0.4, 0.5) is 5.69 Å². The van der Waals surface area contributed by atoms with Crippen LogP contribution in [-0.4, -0.2) is 60.6 Å². The number of halogens is 1. The van der Waals surface area contributed by atoms with Crippen LogP contribution in [-0.2, 0) is 14.8 Å². The van der Waals surface area contributed by atoms with Crippen LogP contribution >= 0.6 is 11.6 Å². The standard InChI is InChI=1S/C22H21ClN4O4S/c1-15(28)26-10-12-27(13-11-26)32(30,31)17-5-2-4-16(14-17)22(29)25-20-8-9-24-21-18(20)6-3-7-19(21)23/h2-9,14H,10-13H2,1H3,(H,24,25,29). The summed E-state index contributed by atoms with van der Waals surface area (Å²) < 4.78 is 27.5. The molecule has 0 atom stereocenters. The van der Waals surface area contributed by atoms with E-state index in [0.717, 1.165) is 0 Å². The number of hydrogen-bond donors (Lipinski definition) is 1. The van der Waals surface area contributed by atoms with Crippen LogP contribution in [0.2, 0.25) is 5.02 Å². The van der Waals surface area contributed by atoms with Gasteiger partial charge < -0.3 is 10.2 Å². The minimum atomic E-state index is -3.79. The number of benzene rings is 2. The number of aromatic nitrogens is 1. The largest absolute Gasteiger partial charge is 0.340 e. The second-order valence-corrected chi connectivity index (χ2v) is 9.73. The van der Waals surface area contributed by atoms with Gasteiger partial charge in [-0.1, -0.05) is 29.8 Å². The van der Waals surface area contributed by atoms with Crippen molar-refractivity contribution in [1.29, 1.82) is 0 Å². The Morgan fingerprint density at radius 2 is 1.75 bits per heavy atom. The number of carbonyl (C=O) groups excluding carboxylic acids is 2. The van der Waals surface area contributed by atoms with E-state index < -0.39 is 15.9 Å². The van der Waals surface area contributed by atoms with Crippen LogP contribution < -0.4 is 5.32 Å². The summed E-state index contributed by atoms with van der Waals surface area (Å²) in [5, 5.41) is 3.96. The van der Waals surface area contributed by atoms with Gasteiger partial charge in [-0.3, -0.25) is 14.6 Å². The van der Waals surface area contributed by atoms with Gasteiger partial charge >= 0.3 is 0 Å².